The summed E-state index contributed by atoms with van der Waals surface area (Å²) in [6.45, 7) is 1.61. The Labute approximate surface area is 84.9 Å². The third-order valence-corrected chi connectivity index (χ3v) is 1.76. The maximum atomic E-state index is 11.2. The monoisotopic (exact) mass is 204 g/mol. The fourth-order valence-electron chi connectivity index (χ4n) is 0.969. The number of carbonyl (C=O) groups is 1. The van der Waals surface area contributed by atoms with Crippen LogP contribution >= 0.6 is 0 Å². The van der Waals surface area contributed by atoms with Gasteiger partial charge in [0.25, 0.3) is 0 Å². The summed E-state index contributed by atoms with van der Waals surface area (Å²) in [5.74, 6) is -0.163. The van der Waals surface area contributed by atoms with Gasteiger partial charge in [-0.1, -0.05) is 0 Å². The molecule has 0 radical (unpaired) electrons. The highest BCUT2D eigenvalue weighted by atomic mass is 16.5. The van der Waals surface area contributed by atoms with Gasteiger partial charge < -0.3 is 20.5 Å². The van der Waals surface area contributed by atoms with Crippen molar-refractivity contribution in [2.75, 3.05) is 34.0 Å². The zero-order chi connectivity index (χ0) is 10.8. The van der Waals surface area contributed by atoms with Crippen LogP contribution in [0.2, 0.25) is 0 Å². The molecule has 14 heavy (non-hydrogen) atoms. The zero-order valence-corrected chi connectivity index (χ0v) is 8.91. The molecule has 0 aliphatic carbocycles. The molecule has 0 fully saturated rings. The van der Waals surface area contributed by atoms with Crippen LogP contribution in [-0.4, -0.2) is 45.9 Å². The maximum absolute atomic E-state index is 11.2. The van der Waals surface area contributed by atoms with Gasteiger partial charge in [0.15, 0.2) is 0 Å². The van der Waals surface area contributed by atoms with Crippen LogP contribution in [0, 0.1) is 0 Å². The number of carbonyl (C=O) groups excluding carboxylic acids is 1. The van der Waals surface area contributed by atoms with Crippen LogP contribution in [-0.2, 0) is 14.3 Å². The minimum atomic E-state index is -0.567. The van der Waals surface area contributed by atoms with E-state index in [2.05, 4.69) is 5.32 Å². The maximum Gasteiger partial charge on any atom is 0.239 e. The van der Waals surface area contributed by atoms with Crippen LogP contribution in [0.15, 0.2) is 0 Å². The van der Waals surface area contributed by atoms with Gasteiger partial charge >= 0.3 is 0 Å². The molecular weight excluding hydrogens is 184 g/mol. The number of amides is 1. The molecule has 3 N–H and O–H groups in total. The van der Waals surface area contributed by atoms with Crippen molar-refractivity contribution >= 4 is 5.91 Å². The summed E-state index contributed by atoms with van der Waals surface area (Å²) in [5.41, 5.74) is 5.51. The quantitative estimate of drug-likeness (QED) is 0.523. The number of methoxy groups -OCH3 is 2. The Morgan fingerprint density at radius 1 is 1.36 bits per heavy atom. The Morgan fingerprint density at radius 3 is 2.64 bits per heavy atom. The average molecular weight is 204 g/mol. The largest absolute Gasteiger partial charge is 0.385 e. The third-order valence-electron chi connectivity index (χ3n) is 1.76. The van der Waals surface area contributed by atoms with E-state index in [1.54, 1.807) is 7.11 Å². The summed E-state index contributed by atoms with van der Waals surface area (Å²) in [5, 5.41) is 2.73. The number of unbranched alkanes of at least 4 members (excludes halogenated alkanes) is 1. The smallest absolute Gasteiger partial charge is 0.239 e. The van der Waals surface area contributed by atoms with Gasteiger partial charge in [-0.25, -0.2) is 0 Å². The lowest BCUT2D eigenvalue weighted by molar-refractivity contribution is -0.123. The van der Waals surface area contributed by atoms with Crippen molar-refractivity contribution in [3.8, 4) is 0 Å². The molecule has 0 bridgehead atoms. The molecule has 0 aromatic carbocycles. The lowest BCUT2D eigenvalue weighted by Gasteiger charge is -2.10. The predicted octanol–water partition coefficient (Wildman–Crippen LogP) is -0.497. The minimum Gasteiger partial charge on any atom is -0.385 e. The summed E-state index contributed by atoms with van der Waals surface area (Å²) in [4.78, 5) is 11.2. The van der Waals surface area contributed by atoms with Crippen LogP contribution in [0.4, 0.5) is 0 Å². The van der Waals surface area contributed by atoms with Crippen molar-refractivity contribution < 1.29 is 14.3 Å². The predicted molar refractivity (Wildman–Crippen MR) is 54.0 cm³/mol. The molecule has 5 heteroatoms. The highest BCUT2D eigenvalue weighted by Gasteiger charge is 2.11. The molecule has 5 nitrogen and oxygen atoms in total. The number of nitrogens with two attached hydrogens (primary N) is 1. The van der Waals surface area contributed by atoms with E-state index in [9.17, 15) is 4.79 Å². The van der Waals surface area contributed by atoms with Crippen LogP contribution in [0.3, 0.4) is 0 Å². The van der Waals surface area contributed by atoms with Crippen molar-refractivity contribution in [2.45, 2.75) is 18.9 Å². The lowest BCUT2D eigenvalue weighted by atomic mass is 10.3. The number of ether oxygens (including phenoxy) is 2. The number of hydrogen-bond donors (Lipinski definition) is 2. The molecule has 84 valence electrons. The fraction of sp³-hybridized carbons (Fsp3) is 0.889. The van der Waals surface area contributed by atoms with E-state index in [0.29, 0.717) is 6.54 Å². The van der Waals surface area contributed by atoms with E-state index in [1.165, 1.54) is 7.11 Å². The molecule has 0 saturated carbocycles. The first kappa shape index (κ1) is 13.4. The third kappa shape index (κ3) is 6.82. The van der Waals surface area contributed by atoms with Crippen LogP contribution in [0.5, 0.6) is 0 Å². The molecule has 1 unspecified atom stereocenters. The van der Waals surface area contributed by atoms with Crippen LogP contribution < -0.4 is 11.1 Å². The Morgan fingerprint density at radius 2 is 2.07 bits per heavy atom. The fourth-order valence-corrected chi connectivity index (χ4v) is 0.969. The molecule has 0 aromatic rings. The van der Waals surface area contributed by atoms with Gasteiger partial charge in [-0.05, 0) is 12.8 Å². The molecule has 0 heterocycles. The van der Waals surface area contributed by atoms with Crippen molar-refractivity contribution in [3.63, 3.8) is 0 Å². The van der Waals surface area contributed by atoms with Crippen molar-refractivity contribution in [3.05, 3.63) is 0 Å². The van der Waals surface area contributed by atoms with Crippen molar-refractivity contribution in [1.82, 2.24) is 5.32 Å². The Balaban J connectivity index is 3.34. The summed E-state index contributed by atoms with van der Waals surface area (Å²) in [7, 11) is 3.18. The molecule has 0 spiro atoms. The van der Waals surface area contributed by atoms with E-state index < -0.39 is 6.04 Å². The molecule has 0 rings (SSSR count). The highest BCUT2D eigenvalue weighted by molar-refractivity contribution is 5.81. The molecule has 0 aliphatic heterocycles. The van der Waals surface area contributed by atoms with E-state index >= 15 is 0 Å². The van der Waals surface area contributed by atoms with Gasteiger partial charge in [0.05, 0.1) is 6.61 Å². The number of rotatable bonds is 8. The Kier molecular flexibility index (Phi) is 8.51. The molecule has 0 aliphatic rings. The summed E-state index contributed by atoms with van der Waals surface area (Å²) in [6.07, 6.45) is 1.84. The highest BCUT2D eigenvalue weighted by Crippen LogP contribution is 1.87. The van der Waals surface area contributed by atoms with E-state index in [4.69, 9.17) is 15.2 Å². The molecule has 0 saturated heterocycles. The molecule has 1 amide bonds. The minimum absolute atomic E-state index is 0.163. The van der Waals surface area contributed by atoms with Crippen LogP contribution in [0.1, 0.15) is 12.8 Å². The number of nitrogens with one attached hydrogen (secondary N) is 1. The summed E-state index contributed by atoms with van der Waals surface area (Å²) >= 11 is 0. The summed E-state index contributed by atoms with van der Waals surface area (Å²) in [6, 6.07) is -0.567. The van der Waals surface area contributed by atoms with Crippen molar-refractivity contribution in [2.24, 2.45) is 5.73 Å². The van der Waals surface area contributed by atoms with Gasteiger partial charge in [0.2, 0.25) is 5.91 Å². The zero-order valence-electron chi connectivity index (χ0n) is 8.91. The molecule has 1 atom stereocenters. The van der Waals surface area contributed by atoms with Crippen molar-refractivity contribution in [1.29, 1.82) is 0 Å². The van der Waals surface area contributed by atoms with E-state index in [1.807, 2.05) is 0 Å². The topological polar surface area (TPSA) is 73.6 Å². The second-order valence-corrected chi connectivity index (χ2v) is 3.05. The van der Waals surface area contributed by atoms with Gasteiger partial charge in [0, 0.05) is 27.4 Å². The average Bonchev–Trinajstić information content (AvgIpc) is 2.17. The SMILES string of the molecule is COCCCCNC(=O)C(N)COC. The standard InChI is InChI=1S/C9H20N2O3/c1-13-6-4-3-5-11-9(12)8(10)7-14-2/h8H,3-7,10H2,1-2H3,(H,11,12). The van der Waals surface area contributed by atoms with E-state index in [-0.39, 0.29) is 12.5 Å². The first-order chi connectivity index (χ1) is 6.72. The molecular formula is C9H20N2O3. The van der Waals surface area contributed by atoms with Gasteiger partial charge in [-0.15, -0.1) is 0 Å². The Bertz CT molecular complexity index is 153. The van der Waals surface area contributed by atoms with E-state index in [0.717, 1.165) is 19.4 Å². The lowest BCUT2D eigenvalue weighted by Crippen LogP contribution is -2.43. The number of hydrogen-bond acceptors (Lipinski definition) is 4. The first-order valence-corrected chi connectivity index (χ1v) is 4.73. The normalized spacial score (nSPS) is 12.5. The first-order valence-electron chi connectivity index (χ1n) is 4.73. The van der Waals surface area contributed by atoms with Gasteiger partial charge in [-0.2, -0.15) is 0 Å². The second kappa shape index (κ2) is 8.93. The van der Waals surface area contributed by atoms with Crippen LogP contribution in [0.25, 0.3) is 0 Å². The van der Waals surface area contributed by atoms with Gasteiger partial charge in [0.1, 0.15) is 6.04 Å². The molecule has 0 aromatic heterocycles. The Hall–Kier alpha value is -0.650. The second-order valence-electron chi connectivity index (χ2n) is 3.05. The van der Waals surface area contributed by atoms with Gasteiger partial charge in [-0.3, -0.25) is 4.79 Å². The summed E-state index contributed by atoms with van der Waals surface area (Å²) < 4.78 is 9.64.